The molecular weight excluding hydrogens is 268 g/mol. The Morgan fingerprint density at radius 1 is 1.19 bits per heavy atom. The van der Waals surface area contributed by atoms with Crippen LogP contribution in [-0.4, -0.2) is 37.6 Å². The second-order valence-corrected chi connectivity index (χ2v) is 5.76. The molecule has 1 atom stereocenters. The number of carbonyl (C=O) groups excluding carboxylic acids is 1. The van der Waals surface area contributed by atoms with Crippen molar-refractivity contribution in [1.82, 2.24) is 4.90 Å². The molecule has 5 heteroatoms. The first-order valence-electron chi connectivity index (χ1n) is 7.26. The maximum atomic E-state index is 12.4. The van der Waals surface area contributed by atoms with Gasteiger partial charge in [0.1, 0.15) is 0 Å². The van der Waals surface area contributed by atoms with Crippen LogP contribution in [0.5, 0.6) is 11.5 Å². The minimum absolute atomic E-state index is 0.0189. The number of ether oxygens (including phenoxy) is 2. The van der Waals surface area contributed by atoms with E-state index in [1.807, 2.05) is 30.9 Å². The van der Waals surface area contributed by atoms with Gasteiger partial charge in [0.25, 0.3) is 0 Å². The monoisotopic (exact) mass is 292 g/mol. The number of benzene rings is 1. The quantitative estimate of drug-likeness (QED) is 0.915. The molecule has 116 valence electrons. The molecule has 1 aromatic carbocycles. The molecule has 0 aromatic heterocycles. The lowest BCUT2D eigenvalue weighted by Gasteiger charge is -2.32. The fraction of sp³-hybridized carbons (Fsp3) is 0.562. The van der Waals surface area contributed by atoms with Crippen molar-refractivity contribution >= 4 is 5.91 Å². The maximum Gasteiger partial charge on any atom is 0.240 e. The largest absolute Gasteiger partial charge is 0.493 e. The zero-order valence-corrected chi connectivity index (χ0v) is 13.2. The molecule has 1 unspecified atom stereocenters. The van der Waals surface area contributed by atoms with Crippen LogP contribution in [0.2, 0.25) is 0 Å². The highest BCUT2D eigenvalue weighted by atomic mass is 16.5. The van der Waals surface area contributed by atoms with Gasteiger partial charge in [-0.1, -0.05) is 13.8 Å². The summed E-state index contributed by atoms with van der Waals surface area (Å²) in [4.78, 5) is 14.2. The van der Waals surface area contributed by atoms with E-state index in [2.05, 4.69) is 0 Å². The number of methoxy groups -OCH3 is 2. The Labute approximate surface area is 126 Å². The van der Waals surface area contributed by atoms with E-state index in [0.29, 0.717) is 18.8 Å². The topological polar surface area (TPSA) is 64.8 Å². The standard InChI is InChI=1S/C16H24N2O3/c1-10(2)15(17)16(19)18-6-5-11-7-13(20-3)14(21-4)8-12(11)9-18/h7-8,10,15H,5-6,9,17H2,1-4H3. The molecule has 1 amide bonds. The first kappa shape index (κ1) is 15.6. The highest BCUT2D eigenvalue weighted by Crippen LogP contribution is 2.33. The third-order valence-corrected chi connectivity index (χ3v) is 4.03. The van der Waals surface area contributed by atoms with Gasteiger partial charge in [0, 0.05) is 13.1 Å². The van der Waals surface area contributed by atoms with Crippen LogP contribution in [0.15, 0.2) is 12.1 Å². The molecule has 1 aliphatic rings. The van der Waals surface area contributed by atoms with Crippen LogP contribution >= 0.6 is 0 Å². The molecular formula is C16H24N2O3. The van der Waals surface area contributed by atoms with Crippen LogP contribution in [0.1, 0.15) is 25.0 Å². The smallest absolute Gasteiger partial charge is 0.240 e. The van der Waals surface area contributed by atoms with E-state index in [1.165, 1.54) is 5.56 Å². The van der Waals surface area contributed by atoms with Crippen molar-refractivity contribution < 1.29 is 14.3 Å². The lowest BCUT2D eigenvalue weighted by molar-refractivity contribution is -0.134. The summed E-state index contributed by atoms with van der Waals surface area (Å²) in [5, 5.41) is 0. The first-order valence-corrected chi connectivity index (χ1v) is 7.26. The predicted octanol–water partition coefficient (Wildman–Crippen LogP) is 1.57. The van der Waals surface area contributed by atoms with Crippen molar-refractivity contribution in [3.05, 3.63) is 23.3 Å². The normalized spacial score (nSPS) is 15.6. The molecule has 1 aliphatic heterocycles. The molecule has 1 aromatic rings. The molecule has 0 bridgehead atoms. The third kappa shape index (κ3) is 3.13. The van der Waals surface area contributed by atoms with E-state index < -0.39 is 6.04 Å². The zero-order valence-electron chi connectivity index (χ0n) is 13.2. The van der Waals surface area contributed by atoms with E-state index in [4.69, 9.17) is 15.2 Å². The molecule has 1 heterocycles. The zero-order chi connectivity index (χ0) is 15.6. The number of amides is 1. The molecule has 0 fully saturated rings. The van der Waals surface area contributed by atoms with Crippen molar-refractivity contribution in [3.63, 3.8) is 0 Å². The Bertz CT molecular complexity index is 528. The summed E-state index contributed by atoms with van der Waals surface area (Å²) in [6, 6.07) is 3.51. The van der Waals surface area contributed by atoms with Gasteiger partial charge in [-0.25, -0.2) is 0 Å². The molecule has 0 spiro atoms. The Morgan fingerprint density at radius 2 is 1.76 bits per heavy atom. The number of hydrogen-bond donors (Lipinski definition) is 1. The van der Waals surface area contributed by atoms with E-state index >= 15 is 0 Å². The summed E-state index contributed by atoms with van der Waals surface area (Å²) in [5.41, 5.74) is 8.28. The highest BCUT2D eigenvalue weighted by molar-refractivity contribution is 5.82. The fourth-order valence-electron chi connectivity index (χ4n) is 2.57. The summed E-state index contributed by atoms with van der Waals surface area (Å²) >= 11 is 0. The average Bonchev–Trinajstić information content (AvgIpc) is 2.51. The SMILES string of the molecule is COc1cc2c(cc1OC)CN(C(=O)C(N)C(C)C)CC2. The van der Waals surface area contributed by atoms with Gasteiger partial charge in [-0.2, -0.15) is 0 Å². The average molecular weight is 292 g/mol. The molecule has 2 N–H and O–H groups in total. The number of carbonyl (C=O) groups is 1. The first-order chi connectivity index (χ1) is 9.97. The molecule has 5 nitrogen and oxygen atoms in total. The van der Waals surface area contributed by atoms with Gasteiger partial charge in [0.05, 0.1) is 20.3 Å². The van der Waals surface area contributed by atoms with Crippen LogP contribution < -0.4 is 15.2 Å². The van der Waals surface area contributed by atoms with Gasteiger partial charge in [-0.15, -0.1) is 0 Å². The number of fused-ring (bicyclic) bond motifs is 1. The fourth-order valence-corrected chi connectivity index (χ4v) is 2.57. The summed E-state index contributed by atoms with van der Waals surface area (Å²) in [7, 11) is 3.25. The lowest BCUT2D eigenvalue weighted by atomic mass is 9.97. The third-order valence-electron chi connectivity index (χ3n) is 4.03. The van der Waals surface area contributed by atoms with E-state index in [0.717, 1.165) is 17.7 Å². The van der Waals surface area contributed by atoms with E-state index in [9.17, 15) is 4.79 Å². The molecule has 0 radical (unpaired) electrons. The van der Waals surface area contributed by atoms with Crippen molar-refractivity contribution in [2.75, 3.05) is 20.8 Å². The van der Waals surface area contributed by atoms with Crippen molar-refractivity contribution in [1.29, 1.82) is 0 Å². The summed E-state index contributed by atoms with van der Waals surface area (Å²) < 4.78 is 10.7. The summed E-state index contributed by atoms with van der Waals surface area (Å²) in [6.45, 7) is 5.21. The number of rotatable bonds is 4. The Hall–Kier alpha value is -1.75. The van der Waals surface area contributed by atoms with Crippen LogP contribution in [0.3, 0.4) is 0 Å². The maximum absolute atomic E-state index is 12.4. The summed E-state index contributed by atoms with van der Waals surface area (Å²) in [6.07, 6.45) is 0.812. The minimum Gasteiger partial charge on any atom is -0.493 e. The van der Waals surface area contributed by atoms with Gasteiger partial charge in [0.2, 0.25) is 5.91 Å². The molecule has 0 aliphatic carbocycles. The lowest BCUT2D eigenvalue weighted by Crippen LogP contribution is -2.48. The van der Waals surface area contributed by atoms with Crippen LogP contribution in [0.25, 0.3) is 0 Å². The van der Waals surface area contributed by atoms with Gasteiger partial charge >= 0.3 is 0 Å². The minimum atomic E-state index is -0.438. The van der Waals surface area contributed by atoms with E-state index in [-0.39, 0.29) is 11.8 Å². The van der Waals surface area contributed by atoms with Gasteiger partial charge in [-0.3, -0.25) is 4.79 Å². The molecule has 0 saturated heterocycles. The van der Waals surface area contributed by atoms with Crippen LogP contribution in [0.4, 0.5) is 0 Å². The second kappa shape index (κ2) is 6.35. The number of nitrogens with two attached hydrogens (primary N) is 1. The highest BCUT2D eigenvalue weighted by Gasteiger charge is 2.27. The predicted molar refractivity (Wildman–Crippen MR) is 81.5 cm³/mol. The van der Waals surface area contributed by atoms with Gasteiger partial charge in [0.15, 0.2) is 11.5 Å². The van der Waals surface area contributed by atoms with Gasteiger partial charge < -0.3 is 20.1 Å². The van der Waals surface area contributed by atoms with Crippen LogP contribution in [-0.2, 0) is 17.8 Å². The second-order valence-electron chi connectivity index (χ2n) is 5.76. The van der Waals surface area contributed by atoms with Crippen molar-refractivity contribution in [3.8, 4) is 11.5 Å². The van der Waals surface area contributed by atoms with Crippen molar-refractivity contribution in [2.24, 2.45) is 11.7 Å². The Balaban J connectivity index is 2.22. The van der Waals surface area contributed by atoms with E-state index in [1.54, 1.807) is 14.2 Å². The van der Waals surface area contributed by atoms with Gasteiger partial charge in [-0.05, 0) is 35.6 Å². The summed E-state index contributed by atoms with van der Waals surface area (Å²) in [5.74, 6) is 1.59. The molecule has 21 heavy (non-hydrogen) atoms. The molecule has 0 saturated carbocycles. The van der Waals surface area contributed by atoms with Crippen molar-refractivity contribution in [2.45, 2.75) is 32.9 Å². The molecule has 2 rings (SSSR count). The number of nitrogens with zero attached hydrogens (tertiary/aromatic N) is 1. The Kier molecular flexibility index (Phi) is 4.73. The Morgan fingerprint density at radius 3 is 2.29 bits per heavy atom. The van der Waals surface area contributed by atoms with Crippen LogP contribution in [0, 0.1) is 5.92 Å². The number of hydrogen-bond acceptors (Lipinski definition) is 4.